The molecule has 0 spiro atoms. The van der Waals surface area contributed by atoms with Crippen molar-refractivity contribution in [2.45, 2.75) is 18.6 Å². The minimum atomic E-state index is 0.0142. The first kappa shape index (κ1) is 13.3. The maximum Gasteiger partial charge on any atom is 0.228 e. The van der Waals surface area contributed by atoms with Gasteiger partial charge in [-0.1, -0.05) is 17.8 Å². The van der Waals surface area contributed by atoms with E-state index in [0.29, 0.717) is 37.7 Å². The second-order valence-electron chi connectivity index (χ2n) is 4.74. The zero-order valence-corrected chi connectivity index (χ0v) is 11.9. The largest absolute Gasteiger partial charge is 0.486 e. The van der Waals surface area contributed by atoms with Crippen LogP contribution in [-0.4, -0.2) is 36.0 Å². The molecule has 0 radical (unpaired) electrons. The molecule has 2 heterocycles. The molecule has 1 amide bonds. The van der Waals surface area contributed by atoms with E-state index in [1.54, 1.807) is 4.90 Å². The Hall–Kier alpha value is -1.69. The fourth-order valence-electron chi connectivity index (χ4n) is 2.49. The lowest BCUT2D eigenvalue weighted by Gasteiger charge is -2.25. The molecule has 20 heavy (non-hydrogen) atoms. The number of amides is 1. The Bertz CT molecular complexity index is 560. The first-order chi connectivity index (χ1) is 9.65. The van der Waals surface area contributed by atoms with Crippen LogP contribution < -0.4 is 14.4 Å². The molecule has 0 aliphatic carbocycles. The lowest BCUT2D eigenvalue weighted by atomic mass is 10.2. The molecule has 0 aromatic heterocycles. The number of fused-ring (bicyclic) bond motifs is 1. The highest BCUT2D eigenvalue weighted by Crippen LogP contribution is 2.41. The van der Waals surface area contributed by atoms with Crippen molar-refractivity contribution in [1.82, 2.24) is 0 Å². The Morgan fingerprint density at radius 2 is 2.15 bits per heavy atom. The number of benzene rings is 1. The summed E-state index contributed by atoms with van der Waals surface area (Å²) in [6.07, 6.45) is 0.384. The Balaban J connectivity index is 1.86. The van der Waals surface area contributed by atoms with Crippen LogP contribution in [0, 0.1) is 0 Å². The number of hydrogen-bond acceptors (Lipinski definition) is 5. The smallest absolute Gasteiger partial charge is 0.228 e. The van der Waals surface area contributed by atoms with Crippen molar-refractivity contribution in [3.8, 4) is 11.5 Å². The van der Waals surface area contributed by atoms with Gasteiger partial charge >= 0.3 is 0 Å². The zero-order valence-electron chi connectivity index (χ0n) is 11.1. The first-order valence-electron chi connectivity index (χ1n) is 6.51. The van der Waals surface area contributed by atoms with Gasteiger partial charge in [-0.3, -0.25) is 9.59 Å². The standard InChI is InChI=1S/C14H15NO4S/c1-9(16)20-10-7-13(17)15(8-10)11-3-2-4-12-14(11)19-6-5-18-12/h2-4,10H,5-8H2,1H3. The quantitative estimate of drug-likeness (QED) is 0.833. The van der Waals surface area contributed by atoms with Crippen molar-refractivity contribution in [2.75, 3.05) is 24.7 Å². The van der Waals surface area contributed by atoms with Gasteiger partial charge in [-0.25, -0.2) is 0 Å². The van der Waals surface area contributed by atoms with Crippen LogP contribution in [0.5, 0.6) is 11.5 Å². The fraction of sp³-hybridized carbons (Fsp3) is 0.429. The molecule has 106 valence electrons. The summed E-state index contributed by atoms with van der Waals surface area (Å²) in [5.41, 5.74) is 0.735. The lowest BCUT2D eigenvalue weighted by molar-refractivity contribution is -0.117. The van der Waals surface area contributed by atoms with Crippen molar-refractivity contribution in [3.63, 3.8) is 0 Å². The highest BCUT2D eigenvalue weighted by Gasteiger charge is 2.34. The van der Waals surface area contributed by atoms with Crippen LogP contribution in [0.3, 0.4) is 0 Å². The van der Waals surface area contributed by atoms with Crippen molar-refractivity contribution in [3.05, 3.63) is 18.2 Å². The monoisotopic (exact) mass is 293 g/mol. The van der Waals surface area contributed by atoms with Crippen LogP contribution in [0.2, 0.25) is 0 Å². The number of hydrogen-bond donors (Lipinski definition) is 0. The summed E-state index contributed by atoms with van der Waals surface area (Å²) in [7, 11) is 0. The summed E-state index contributed by atoms with van der Waals surface area (Å²) in [4.78, 5) is 25.0. The Morgan fingerprint density at radius 1 is 1.35 bits per heavy atom. The van der Waals surface area contributed by atoms with E-state index in [9.17, 15) is 9.59 Å². The zero-order chi connectivity index (χ0) is 14.1. The third kappa shape index (κ3) is 2.47. The Labute approximate surface area is 121 Å². The highest BCUT2D eigenvalue weighted by atomic mass is 32.2. The van der Waals surface area contributed by atoms with Gasteiger partial charge in [0.2, 0.25) is 5.91 Å². The van der Waals surface area contributed by atoms with Crippen molar-refractivity contribution < 1.29 is 19.1 Å². The van der Waals surface area contributed by atoms with Crippen LogP contribution in [0.1, 0.15) is 13.3 Å². The minimum Gasteiger partial charge on any atom is -0.486 e. The molecule has 1 aromatic rings. The Morgan fingerprint density at radius 3 is 2.95 bits per heavy atom. The number of carbonyl (C=O) groups excluding carboxylic acids is 2. The number of thioether (sulfide) groups is 1. The van der Waals surface area contributed by atoms with E-state index < -0.39 is 0 Å². The van der Waals surface area contributed by atoms with Gasteiger partial charge in [-0.05, 0) is 12.1 Å². The maximum atomic E-state index is 12.2. The summed E-state index contributed by atoms with van der Waals surface area (Å²) in [5, 5.41) is 0.0553. The molecule has 1 saturated heterocycles. The average Bonchev–Trinajstić information content (AvgIpc) is 2.78. The molecule has 1 unspecified atom stereocenters. The second kappa shape index (κ2) is 5.36. The predicted octanol–water partition coefficient (Wildman–Crippen LogP) is 1.84. The molecule has 0 N–H and O–H groups in total. The summed E-state index contributed by atoms with van der Waals surface area (Å²) >= 11 is 1.23. The van der Waals surface area contributed by atoms with Crippen LogP contribution in [0.25, 0.3) is 0 Å². The van der Waals surface area contributed by atoms with Gasteiger partial charge in [0.25, 0.3) is 0 Å². The third-order valence-corrected chi connectivity index (χ3v) is 4.24. The predicted molar refractivity (Wildman–Crippen MR) is 76.5 cm³/mol. The normalized spacial score (nSPS) is 21.1. The molecular weight excluding hydrogens is 278 g/mol. The fourth-order valence-corrected chi connectivity index (χ4v) is 3.41. The van der Waals surface area contributed by atoms with Gasteiger partial charge in [0, 0.05) is 25.1 Å². The van der Waals surface area contributed by atoms with Crippen molar-refractivity contribution >= 4 is 28.5 Å². The van der Waals surface area contributed by atoms with E-state index in [1.807, 2.05) is 18.2 Å². The van der Waals surface area contributed by atoms with E-state index in [4.69, 9.17) is 9.47 Å². The molecule has 0 saturated carbocycles. The highest BCUT2D eigenvalue weighted by molar-refractivity contribution is 8.14. The van der Waals surface area contributed by atoms with Crippen LogP contribution in [-0.2, 0) is 9.59 Å². The van der Waals surface area contributed by atoms with E-state index in [2.05, 4.69) is 0 Å². The van der Waals surface area contributed by atoms with Gasteiger partial charge in [0.15, 0.2) is 16.6 Å². The van der Waals surface area contributed by atoms with Gasteiger partial charge < -0.3 is 14.4 Å². The number of anilines is 1. The van der Waals surface area contributed by atoms with Crippen LogP contribution in [0.4, 0.5) is 5.69 Å². The Kier molecular flexibility index (Phi) is 3.56. The topological polar surface area (TPSA) is 55.8 Å². The van der Waals surface area contributed by atoms with Crippen LogP contribution >= 0.6 is 11.8 Å². The lowest BCUT2D eigenvalue weighted by Crippen LogP contribution is -2.27. The van der Waals surface area contributed by atoms with E-state index >= 15 is 0 Å². The average molecular weight is 293 g/mol. The van der Waals surface area contributed by atoms with Gasteiger partial charge in [-0.15, -0.1) is 0 Å². The second-order valence-corrected chi connectivity index (χ2v) is 6.22. The van der Waals surface area contributed by atoms with E-state index in [1.165, 1.54) is 18.7 Å². The maximum absolute atomic E-state index is 12.2. The number of rotatable bonds is 2. The number of carbonyl (C=O) groups is 2. The molecular formula is C14H15NO4S. The summed E-state index contributed by atoms with van der Waals surface area (Å²) in [6.45, 7) is 3.06. The summed E-state index contributed by atoms with van der Waals surface area (Å²) in [5.74, 6) is 1.32. The molecule has 1 fully saturated rings. The summed E-state index contributed by atoms with van der Waals surface area (Å²) < 4.78 is 11.2. The van der Waals surface area contributed by atoms with Crippen LogP contribution in [0.15, 0.2) is 18.2 Å². The molecule has 1 atom stereocenters. The molecule has 6 heteroatoms. The van der Waals surface area contributed by atoms with Gasteiger partial charge in [-0.2, -0.15) is 0 Å². The van der Waals surface area contributed by atoms with Gasteiger partial charge in [0.05, 0.1) is 5.69 Å². The molecule has 1 aromatic carbocycles. The molecule has 3 rings (SSSR count). The SMILES string of the molecule is CC(=O)SC1CC(=O)N(c2cccc3c2OCCO3)C1. The third-order valence-electron chi connectivity index (χ3n) is 3.26. The van der Waals surface area contributed by atoms with Crippen molar-refractivity contribution in [1.29, 1.82) is 0 Å². The van der Waals surface area contributed by atoms with Crippen molar-refractivity contribution in [2.24, 2.45) is 0 Å². The number of para-hydroxylation sites is 1. The minimum absolute atomic E-state index is 0.0142. The molecule has 0 bridgehead atoms. The number of nitrogens with zero attached hydrogens (tertiary/aromatic N) is 1. The van der Waals surface area contributed by atoms with Gasteiger partial charge in [0.1, 0.15) is 13.2 Å². The first-order valence-corrected chi connectivity index (χ1v) is 7.39. The number of ether oxygens (including phenoxy) is 2. The molecule has 2 aliphatic heterocycles. The van der Waals surface area contributed by atoms with E-state index in [0.717, 1.165) is 5.69 Å². The van der Waals surface area contributed by atoms with E-state index in [-0.39, 0.29) is 16.3 Å². The summed E-state index contributed by atoms with van der Waals surface area (Å²) in [6, 6.07) is 5.54. The molecule has 5 nitrogen and oxygen atoms in total. The molecule has 2 aliphatic rings.